The van der Waals surface area contributed by atoms with Gasteiger partial charge in [0.25, 0.3) is 0 Å². The molecule has 0 saturated carbocycles. The average Bonchev–Trinajstić information content (AvgIpc) is 2.67. The Kier molecular flexibility index (Phi) is 4.62. The number of carbonyl (C=O) groups is 1. The van der Waals surface area contributed by atoms with Crippen LogP contribution in [0.2, 0.25) is 0 Å². The lowest BCUT2D eigenvalue weighted by Crippen LogP contribution is -2.43. The second-order valence-electron chi connectivity index (χ2n) is 6.58. The van der Waals surface area contributed by atoms with Gasteiger partial charge in [0.15, 0.2) is 0 Å². The maximum Gasteiger partial charge on any atom is 0.339 e. The topological polar surface area (TPSA) is 23.6 Å². The summed E-state index contributed by atoms with van der Waals surface area (Å²) in [4.78, 5) is 15.9. The van der Waals surface area contributed by atoms with Gasteiger partial charge >= 0.3 is 6.03 Å². The first-order valence-corrected chi connectivity index (χ1v) is 9.51. The van der Waals surface area contributed by atoms with Gasteiger partial charge in [0.1, 0.15) is 5.82 Å². The Balaban J connectivity index is 1.76. The number of anilines is 2. The van der Waals surface area contributed by atoms with E-state index >= 15 is 0 Å². The number of amides is 2. The fourth-order valence-electron chi connectivity index (χ4n) is 3.07. The van der Waals surface area contributed by atoms with Crippen LogP contribution in [0.15, 0.2) is 71.6 Å². The minimum atomic E-state index is -0.307. The first-order valence-electron chi connectivity index (χ1n) is 8.74. The van der Waals surface area contributed by atoms with Crippen molar-refractivity contribution >= 4 is 29.4 Å². The first kappa shape index (κ1) is 17.6. The zero-order valence-electron chi connectivity index (χ0n) is 15.1. The van der Waals surface area contributed by atoms with E-state index in [9.17, 15) is 9.18 Å². The van der Waals surface area contributed by atoms with Crippen molar-refractivity contribution in [2.45, 2.75) is 25.3 Å². The van der Waals surface area contributed by atoms with Gasteiger partial charge in [-0.25, -0.2) is 13.5 Å². The maximum atomic E-state index is 14.2. The van der Waals surface area contributed by atoms with E-state index in [1.165, 1.54) is 23.6 Å². The van der Waals surface area contributed by atoms with E-state index in [4.69, 9.17) is 0 Å². The van der Waals surface area contributed by atoms with E-state index in [2.05, 4.69) is 0 Å². The van der Waals surface area contributed by atoms with Crippen molar-refractivity contribution in [2.24, 2.45) is 0 Å². The Morgan fingerprint density at radius 1 is 0.926 bits per heavy atom. The highest BCUT2D eigenvalue weighted by Crippen LogP contribution is 2.42. The number of benzene rings is 3. The highest BCUT2D eigenvalue weighted by atomic mass is 32.2. The van der Waals surface area contributed by atoms with Crippen LogP contribution in [0.25, 0.3) is 0 Å². The smallest absolute Gasteiger partial charge is 0.288 e. The molecule has 1 heterocycles. The highest BCUT2D eigenvalue weighted by Gasteiger charge is 2.32. The van der Waals surface area contributed by atoms with E-state index in [1.54, 1.807) is 27.4 Å². The zero-order valence-corrected chi connectivity index (χ0v) is 16.0. The molecule has 0 spiro atoms. The van der Waals surface area contributed by atoms with Gasteiger partial charge in [0.2, 0.25) is 0 Å². The Hall–Kier alpha value is -2.79. The molecular formula is C22H19FN2OS. The molecule has 2 amide bonds. The molecular weight excluding hydrogens is 359 g/mol. The lowest BCUT2D eigenvalue weighted by Gasteiger charge is -2.36. The molecule has 0 aliphatic carbocycles. The lowest BCUT2D eigenvalue weighted by molar-refractivity contribution is 0.254. The molecule has 0 fully saturated rings. The van der Waals surface area contributed by atoms with Gasteiger partial charge in [-0.15, -0.1) is 0 Å². The number of hydrogen-bond donors (Lipinski definition) is 0. The third-order valence-electron chi connectivity index (χ3n) is 4.76. The summed E-state index contributed by atoms with van der Waals surface area (Å²) in [6, 6.07) is 20.1. The van der Waals surface area contributed by atoms with E-state index in [1.807, 2.05) is 56.3 Å². The SMILES string of the molecule is Cc1ccc(N2Sc3ccccc3N(Cc3ccccc3F)C2=O)cc1C. The molecule has 0 atom stereocenters. The van der Waals surface area contributed by atoms with Crippen molar-refractivity contribution in [1.29, 1.82) is 0 Å². The van der Waals surface area contributed by atoms with Crippen LogP contribution in [0.4, 0.5) is 20.6 Å². The number of rotatable bonds is 3. The van der Waals surface area contributed by atoms with Crippen molar-refractivity contribution in [3.8, 4) is 0 Å². The molecule has 0 N–H and O–H groups in total. The Morgan fingerprint density at radius 2 is 1.67 bits per heavy atom. The molecule has 3 nitrogen and oxygen atoms in total. The number of nitrogens with zero attached hydrogens (tertiary/aromatic N) is 2. The number of hydrogen-bond acceptors (Lipinski definition) is 2. The summed E-state index contributed by atoms with van der Waals surface area (Å²) < 4.78 is 15.9. The Morgan fingerprint density at radius 3 is 2.44 bits per heavy atom. The normalized spacial score (nSPS) is 13.7. The molecule has 0 radical (unpaired) electrons. The molecule has 5 heteroatoms. The molecule has 3 aromatic rings. The van der Waals surface area contributed by atoms with Crippen LogP contribution in [0.5, 0.6) is 0 Å². The summed E-state index contributed by atoms with van der Waals surface area (Å²) in [5, 5.41) is 0. The minimum Gasteiger partial charge on any atom is -0.288 e. The first-order chi connectivity index (χ1) is 13.0. The third-order valence-corrected chi connectivity index (χ3v) is 5.85. The number of halogens is 1. The second-order valence-corrected chi connectivity index (χ2v) is 7.57. The van der Waals surface area contributed by atoms with Gasteiger partial charge in [0.05, 0.1) is 22.8 Å². The van der Waals surface area contributed by atoms with Crippen molar-refractivity contribution in [2.75, 3.05) is 9.21 Å². The van der Waals surface area contributed by atoms with Gasteiger partial charge < -0.3 is 0 Å². The van der Waals surface area contributed by atoms with E-state index in [-0.39, 0.29) is 18.4 Å². The standard InChI is InChI=1S/C22H19FN2OS/c1-15-11-12-18(13-16(15)2)25-22(26)24(14-17-7-3-4-8-19(17)23)20-9-5-6-10-21(20)27-25/h3-13H,14H2,1-2H3. The summed E-state index contributed by atoms with van der Waals surface area (Å²) in [6.07, 6.45) is 0. The van der Waals surface area contributed by atoms with Crippen LogP contribution in [0, 0.1) is 19.7 Å². The number of aryl methyl sites for hydroxylation is 2. The number of fused-ring (bicyclic) bond motifs is 1. The monoisotopic (exact) mass is 378 g/mol. The van der Waals surface area contributed by atoms with Gasteiger partial charge in [-0.2, -0.15) is 0 Å². The van der Waals surface area contributed by atoms with E-state index in [0.29, 0.717) is 5.56 Å². The van der Waals surface area contributed by atoms with E-state index in [0.717, 1.165) is 21.8 Å². The predicted molar refractivity (Wildman–Crippen MR) is 109 cm³/mol. The van der Waals surface area contributed by atoms with Gasteiger partial charge in [-0.05, 0) is 67.3 Å². The minimum absolute atomic E-state index is 0.176. The maximum absolute atomic E-state index is 14.2. The summed E-state index contributed by atoms with van der Waals surface area (Å²) in [6.45, 7) is 4.26. The summed E-state index contributed by atoms with van der Waals surface area (Å²) in [7, 11) is 0. The number of carbonyl (C=O) groups excluding carboxylic acids is 1. The van der Waals surface area contributed by atoms with Crippen molar-refractivity contribution in [3.63, 3.8) is 0 Å². The lowest BCUT2D eigenvalue weighted by atomic mass is 10.1. The third kappa shape index (κ3) is 3.30. The quantitative estimate of drug-likeness (QED) is 0.514. The van der Waals surface area contributed by atoms with Crippen molar-refractivity contribution in [1.82, 2.24) is 0 Å². The summed E-state index contributed by atoms with van der Waals surface area (Å²) in [5.41, 5.74) is 4.42. The van der Waals surface area contributed by atoms with Gasteiger partial charge in [-0.1, -0.05) is 36.4 Å². The fourth-order valence-corrected chi connectivity index (χ4v) is 4.08. The molecule has 3 aromatic carbocycles. The van der Waals surface area contributed by atoms with Crippen LogP contribution in [-0.4, -0.2) is 6.03 Å². The molecule has 136 valence electrons. The van der Waals surface area contributed by atoms with Crippen molar-refractivity contribution < 1.29 is 9.18 Å². The summed E-state index contributed by atoms with van der Waals surface area (Å²) in [5.74, 6) is -0.307. The molecule has 0 saturated heterocycles. The molecule has 1 aliphatic rings. The number of urea groups is 1. The molecule has 0 unspecified atom stereocenters. The van der Waals surface area contributed by atoms with Gasteiger partial charge in [0, 0.05) is 5.56 Å². The average molecular weight is 378 g/mol. The van der Waals surface area contributed by atoms with E-state index < -0.39 is 0 Å². The zero-order chi connectivity index (χ0) is 19.0. The van der Waals surface area contributed by atoms with Crippen LogP contribution >= 0.6 is 11.9 Å². The highest BCUT2D eigenvalue weighted by molar-refractivity contribution is 8.01. The predicted octanol–water partition coefficient (Wildman–Crippen LogP) is 6.10. The molecule has 4 rings (SSSR count). The van der Waals surface area contributed by atoms with Crippen LogP contribution in [0.1, 0.15) is 16.7 Å². The number of para-hydroxylation sites is 1. The Labute approximate surface area is 162 Å². The van der Waals surface area contributed by atoms with Gasteiger partial charge in [-0.3, -0.25) is 4.90 Å². The van der Waals surface area contributed by atoms with Crippen molar-refractivity contribution in [3.05, 3.63) is 89.2 Å². The largest absolute Gasteiger partial charge is 0.339 e. The van der Waals surface area contributed by atoms with Crippen LogP contribution < -0.4 is 9.21 Å². The molecule has 0 aromatic heterocycles. The fraction of sp³-hybridized carbons (Fsp3) is 0.136. The second kappa shape index (κ2) is 7.08. The summed E-state index contributed by atoms with van der Waals surface area (Å²) >= 11 is 1.40. The Bertz CT molecular complexity index is 1020. The van der Waals surface area contributed by atoms with Crippen LogP contribution in [-0.2, 0) is 6.54 Å². The molecule has 0 bridgehead atoms. The molecule has 27 heavy (non-hydrogen) atoms. The molecule has 1 aliphatic heterocycles. The van der Waals surface area contributed by atoms with Crippen LogP contribution in [0.3, 0.4) is 0 Å².